The summed E-state index contributed by atoms with van der Waals surface area (Å²) >= 11 is 1.87. The Balaban J connectivity index is 2.13. The first-order valence-electron chi connectivity index (χ1n) is 6.95. The van der Waals surface area contributed by atoms with E-state index >= 15 is 0 Å². The summed E-state index contributed by atoms with van der Waals surface area (Å²) in [5.41, 5.74) is 2.67. The second kappa shape index (κ2) is 5.58. The van der Waals surface area contributed by atoms with E-state index in [0.717, 1.165) is 11.7 Å². The maximum atomic E-state index is 4.63. The predicted octanol–water partition coefficient (Wildman–Crippen LogP) is 4.52. The van der Waals surface area contributed by atoms with Gasteiger partial charge >= 0.3 is 0 Å². The number of anilines is 1. The number of benzene rings is 1. The molecule has 1 atom stereocenters. The zero-order chi connectivity index (χ0) is 14.0. The maximum absolute atomic E-state index is 4.63. The van der Waals surface area contributed by atoms with Crippen molar-refractivity contribution < 1.29 is 0 Å². The SMILES string of the molecule is CC(C)C1CN=C(Nc2ccccc2C(C)(C)C)S1. The van der Waals surface area contributed by atoms with Gasteiger partial charge in [0, 0.05) is 10.9 Å². The van der Waals surface area contributed by atoms with Crippen LogP contribution in [-0.4, -0.2) is 17.0 Å². The molecule has 0 fully saturated rings. The first-order chi connectivity index (χ1) is 8.88. The molecule has 0 spiro atoms. The largest absolute Gasteiger partial charge is 0.335 e. The third kappa shape index (κ3) is 3.53. The quantitative estimate of drug-likeness (QED) is 0.858. The van der Waals surface area contributed by atoms with E-state index in [1.807, 2.05) is 11.8 Å². The monoisotopic (exact) mass is 276 g/mol. The first kappa shape index (κ1) is 14.4. The van der Waals surface area contributed by atoms with E-state index in [1.54, 1.807) is 0 Å². The van der Waals surface area contributed by atoms with E-state index in [-0.39, 0.29) is 5.41 Å². The lowest BCUT2D eigenvalue weighted by molar-refractivity contribution is 0.592. The molecule has 1 unspecified atom stereocenters. The van der Waals surface area contributed by atoms with Gasteiger partial charge in [-0.15, -0.1) is 0 Å². The van der Waals surface area contributed by atoms with Crippen molar-refractivity contribution in [3.63, 3.8) is 0 Å². The fraction of sp³-hybridized carbons (Fsp3) is 0.562. The Morgan fingerprint density at radius 3 is 2.53 bits per heavy atom. The maximum Gasteiger partial charge on any atom is 0.161 e. The molecule has 0 bridgehead atoms. The van der Waals surface area contributed by atoms with E-state index < -0.39 is 0 Å². The smallest absolute Gasteiger partial charge is 0.161 e. The average molecular weight is 276 g/mol. The van der Waals surface area contributed by atoms with Gasteiger partial charge < -0.3 is 5.32 Å². The Labute approximate surface area is 121 Å². The third-order valence-electron chi connectivity index (χ3n) is 3.40. The Kier molecular flexibility index (Phi) is 4.24. The highest BCUT2D eigenvalue weighted by atomic mass is 32.2. The van der Waals surface area contributed by atoms with Crippen molar-refractivity contribution in [2.45, 2.75) is 45.3 Å². The van der Waals surface area contributed by atoms with Gasteiger partial charge in [-0.3, -0.25) is 4.99 Å². The number of hydrogen-bond donors (Lipinski definition) is 1. The zero-order valence-electron chi connectivity index (χ0n) is 12.5. The van der Waals surface area contributed by atoms with Gasteiger partial charge in [-0.1, -0.05) is 64.6 Å². The lowest BCUT2D eigenvalue weighted by atomic mass is 9.86. The Bertz CT molecular complexity index is 472. The Morgan fingerprint density at radius 1 is 1.26 bits per heavy atom. The highest BCUT2D eigenvalue weighted by molar-refractivity contribution is 8.15. The van der Waals surface area contributed by atoms with Crippen LogP contribution >= 0.6 is 11.8 Å². The Hall–Kier alpha value is -0.960. The fourth-order valence-corrected chi connectivity index (χ4v) is 3.19. The van der Waals surface area contributed by atoms with Crippen LogP contribution in [0.25, 0.3) is 0 Å². The molecule has 0 amide bonds. The van der Waals surface area contributed by atoms with Crippen LogP contribution in [0.1, 0.15) is 40.2 Å². The molecule has 2 rings (SSSR count). The number of aliphatic imine (C=N–C) groups is 1. The minimum Gasteiger partial charge on any atom is -0.335 e. The van der Waals surface area contributed by atoms with Gasteiger partial charge in [-0.2, -0.15) is 0 Å². The summed E-state index contributed by atoms with van der Waals surface area (Å²) in [6.07, 6.45) is 0. The van der Waals surface area contributed by atoms with Gasteiger partial charge in [0.05, 0.1) is 6.54 Å². The van der Waals surface area contributed by atoms with Crippen molar-refractivity contribution in [1.82, 2.24) is 0 Å². The van der Waals surface area contributed by atoms with Gasteiger partial charge in [0.1, 0.15) is 0 Å². The number of para-hydroxylation sites is 1. The molecule has 1 aromatic rings. The van der Waals surface area contributed by atoms with Crippen LogP contribution in [-0.2, 0) is 5.41 Å². The topological polar surface area (TPSA) is 24.4 Å². The van der Waals surface area contributed by atoms with Crippen molar-refractivity contribution in [3.05, 3.63) is 29.8 Å². The summed E-state index contributed by atoms with van der Waals surface area (Å²) in [6.45, 7) is 12.2. The fourth-order valence-electron chi connectivity index (χ4n) is 2.17. The van der Waals surface area contributed by atoms with E-state index in [2.05, 4.69) is 69.2 Å². The minimum atomic E-state index is 0.144. The zero-order valence-corrected chi connectivity index (χ0v) is 13.3. The third-order valence-corrected chi connectivity index (χ3v) is 4.85. The van der Waals surface area contributed by atoms with Gasteiger partial charge in [0.15, 0.2) is 5.17 Å². The molecule has 1 aliphatic heterocycles. The molecule has 1 aromatic carbocycles. The van der Waals surface area contributed by atoms with Crippen molar-refractivity contribution in [1.29, 1.82) is 0 Å². The molecule has 1 N–H and O–H groups in total. The Morgan fingerprint density at radius 2 is 1.95 bits per heavy atom. The number of rotatable bonds is 2. The van der Waals surface area contributed by atoms with E-state index in [4.69, 9.17) is 0 Å². The molecule has 1 aliphatic rings. The second-order valence-electron chi connectivity index (χ2n) is 6.47. The van der Waals surface area contributed by atoms with Crippen molar-refractivity contribution in [2.75, 3.05) is 11.9 Å². The molecule has 1 heterocycles. The number of nitrogens with one attached hydrogen (secondary N) is 1. The van der Waals surface area contributed by atoms with Gasteiger partial charge in [0.25, 0.3) is 0 Å². The first-order valence-corrected chi connectivity index (χ1v) is 7.83. The highest BCUT2D eigenvalue weighted by Crippen LogP contribution is 2.32. The standard InChI is InChI=1S/C16H24N2S/c1-11(2)14-10-17-15(19-14)18-13-9-7-6-8-12(13)16(3,4)5/h6-9,11,14H,10H2,1-5H3,(H,17,18). The molecule has 0 radical (unpaired) electrons. The number of amidine groups is 1. The molecule has 104 valence electrons. The second-order valence-corrected chi connectivity index (χ2v) is 7.69. The van der Waals surface area contributed by atoms with Crippen LogP contribution in [0.5, 0.6) is 0 Å². The molecule has 0 saturated heterocycles. The normalized spacial score (nSPS) is 19.7. The summed E-state index contributed by atoms with van der Waals surface area (Å²) < 4.78 is 0. The van der Waals surface area contributed by atoms with Gasteiger partial charge in [0.2, 0.25) is 0 Å². The molecule has 0 aromatic heterocycles. The van der Waals surface area contributed by atoms with E-state index in [1.165, 1.54) is 11.3 Å². The van der Waals surface area contributed by atoms with Crippen LogP contribution in [0.3, 0.4) is 0 Å². The van der Waals surface area contributed by atoms with Gasteiger partial charge in [-0.05, 0) is 23.0 Å². The van der Waals surface area contributed by atoms with E-state index in [9.17, 15) is 0 Å². The lowest BCUT2D eigenvalue weighted by Crippen LogP contribution is -2.17. The van der Waals surface area contributed by atoms with Crippen LogP contribution in [0, 0.1) is 5.92 Å². The molecular weight excluding hydrogens is 252 g/mol. The summed E-state index contributed by atoms with van der Waals surface area (Å²) in [5, 5.41) is 5.19. The predicted molar refractivity (Wildman–Crippen MR) is 87.3 cm³/mol. The molecular formula is C16H24N2S. The van der Waals surface area contributed by atoms with Crippen LogP contribution in [0.2, 0.25) is 0 Å². The van der Waals surface area contributed by atoms with Crippen LogP contribution in [0.15, 0.2) is 29.3 Å². The van der Waals surface area contributed by atoms with Crippen molar-refractivity contribution in [3.8, 4) is 0 Å². The number of nitrogens with zero attached hydrogens (tertiary/aromatic N) is 1. The molecule has 0 saturated carbocycles. The van der Waals surface area contributed by atoms with Crippen LogP contribution < -0.4 is 5.32 Å². The molecule has 2 nitrogen and oxygen atoms in total. The summed E-state index contributed by atoms with van der Waals surface area (Å²) in [6, 6.07) is 8.53. The minimum absolute atomic E-state index is 0.144. The van der Waals surface area contributed by atoms with Crippen LogP contribution in [0.4, 0.5) is 5.69 Å². The molecule has 0 aliphatic carbocycles. The highest BCUT2D eigenvalue weighted by Gasteiger charge is 2.24. The van der Waals surface area contributed by atoms with E-state index in [0.29, 0.717) is 11.2 Å². The number of thioether (sulfide) groups is 1. The average Bonchev–Trinajstić information content (AvgIpc) is 2.77. The molecule has 19 heavy (non-hydrogen) atoms. The molecule has 3 heteroatoms. The van der Waals surface area contributed by atoms with Crippen molar-refractivity contribution >= 4 is 22.6 Å². The van der Waals surface area contributed by atoms with Gasteiger partial charge in [-0.25, -0.2) is 0 Å². The summed E-state index contributed by atoms with van der Waals surface area (Å²) in [4.78, 5) is 4.63. The van der Waals surface area contributed by atoms with Crippen molar-refractivity contribution in [2.24, 2.45) is 10.9 Å². The number of hydrogen-bond acceptors (Lipinski definition) is 3. The summed E-state index contributed by atoms with van der Waals surface area (Å²) in [7, 11) is 0. The summed E-state index contributed by atoms with van der Waals surface area (Å²) in [5.74, 6) is 0.672. The lowest BCUT2D eigenvalue weighted by Gasteiger charge is -2.23.